The summed E-state index contributed by atoms with van der Waals surface area (Å²) < 4.78 is 0. The maximum Gasteiger partial charge on any atom is 0.369 e. The maximum atomic E-state index is 12.0. The van der Waals surface area contributed by atoms with Gasteiger partial charge in [0.2, 0.25) is 0 Å². The van der Waals surface area contributed by atoms with E-state index in [2.05, 4.69) is 10.1 Å². The van der Waals surface area contributed by atoms with Crippen LogP contribution in [0.25, 0.3) is 0 Å². The summed E-state index contributed by atoms with van der Waals surface area (Å²) in [7, 11) is 0. The Morgan fingerprint density at radius 2 is 1.68 bits per heavy atom. The summed E-state index contributed by atoms with van der Waals surface area (Å²) in [6, 6.07) is 8.01. The largest absolute Gasteiger partial charge is 0.377 e. The lowest BCUT2D eigenvalue weighted by atomic mass is 10.0. The number of carbonyl (C=O) groups is 1. The molecule has 0 radical (unpaired) electrons. The fraction of sp³-hybridized carbons (Fsp3) is 0.444. The summed E-state index contributed by atoms with van der Waals surface area (Å²) in [5.41, 5.74) is 3.33. The van der Waals surface area contributed by atoms with Crippen LogP contribution in [0.2, 0.25) is 0 Å². The van der Waals surface area contributed by atoms with Gasteiger partial charge in [-0.05, 0) is 19.8 Å². The van der Waals surface area contributed by atoms with Gasteiger partial charge in [0.25, 0.3) is 0 Å². The lowest BCUT2D eigenvalue weighted by molar-refractivity contribution is -0.136. The molecule has 1 saturated heterocycles. The Hall–Kier alpha value is -2.10. The number of carbonyl (C=O) groups excluding carboxylic acids is 1. The van der Waals surface area contributed by atoms with Crippen molar-refractivity contribution in [2.45, 2.75) is 39.0 Å². The number of hydrogen-bond donors (Lipinski definition) is 0. The SMILES string of the molecule is Cc1ccc(C2=NOC(=O)C2=CN2CCCCCCC2)cc1. The predicted molar refractivity (Wildman–Crippen MR) is 86.5 cm³/mol. The Morgan fingerprint density at radius 3 is 2.36 bits per heavy atom. The first-order chi connectivity index (χ1) is 10.7. The minimum absolute atomic E-state index is 0.349. The summed E-state index contributed by atoms with van der Waals surface area (Å²) in [5.74, 6) is -0.349. The van der Waals surface area contributed by atoms with Crippen molar-refractivity contribution >= 4 is 11.7 Å². The summed E-state index contributed by atoms with van der Waals surface area (Å²) in [6.45, 7) is 4.04. The van der Waals surface area contributed by atoms with Crippen molar-refractivity contribution in [2.75, 3.05) is 13.1 Å². The number of oxime groups is 1. The van der Waals surface area contributed by atoms with Crippen LogP contribution in [0, 0.1) is 6.92 Å². The minimum Gasteiger partial charge on any atom is -0.377 e. The highest BCUT2D eigenvalue weighted by Gasteiger charge is 2.27. The normalized spacial score (nSPS) is 21.3. The van der Waals surface area contributed by atoms with Gasteiger partial charge < -0.3 is 9.74 Å². The van der Waals surface area contributed by atoms with Crippen LogP contribution in [0.4, 0.5) is 0 Å². The van der Waals surface area contributed by atoms with Crippen molar-refractivity contribution in [1.29, 1.82) is 0 Å². The molecule has 0 atom stereocenters. The van der Waals surface area contributed by atoms with Crippen molar-refractivity contribution in [1.82, 2.24) is 4.90 Å². The van der Waals surface area contributed by atoms with E-state index in [-0.39, 0.29) is 5.97 Å². The molecule has 4 heteroatoms. The fourth-order valence-electron chi connectivity index (χ4n) is 2.90. The molecule has 0 N–H and O–H groups in total. The van der Waals surface area contributed by atoms with Gasteiger partial charge in [0, 0.05) is 24.9 Å². The Kier molecular flexibility index (Phi) is 4.56. The second-order valence-electron chi connectivity index (χ2n) is 6.03. The molecular weight excluding hydrogens is 276 g/mol. The molecule has 4 nitrogen and oxygen atoms in total. The van der Waals surface area contributed by atoms with E-state index in [0.717, 1.165) is 18.7 Å². The quantitative estimate of drug-likeness (QED) is 0.620. The molecule has 22 heavy (non-hydrogen) atoms. The van der Waals surface area contributed by atoms with Gasteiger partial charge in [-0.25, -0.2) is 4.79 Å². The minimum atomic E-state index is -0.349. The van der Waals surface area contributed by atoms with Gasteiger partial charge in [0.1, 0.15) is 11.3 Å². The molecule has 1 aromatic rings. The van der Waals surface area contributed by atoms with E-state index in [1.807, 2.05) is 37.4 Å². The van der Waals surface area contributed by atoms with Crippen LogP contribution in [-0.4, -0.2) is 29.7 Å². The second kappa shape index (κ2) is 6.77. The highest BCUT2D eigenvalue weighted by atomic mass is 16.7. The van der Waals surface area contributed by atoms with E-state index in [1.165, 1.54) is 37.7 Å². The number of aryl methyl sites for hydroxylation is 1. The molecule has 0 spiro atoms. The summed E-state index contributed by atoms with van der Waals surface area (Å²) >= 11 is 0. The van der Waals surface area contributed by atoms with Gasteiger partial charge in [-0.3, -0.25) is 0 Å². The molecule has 3 rings (SSSR count). The molecule has 0 amide bonds. The molecule has 0 bridgehead atoms. The first kappa shape index (κ1) is 14.8. The van der Waals surface area contributed by atoms with Crippen LogP contribution in [0.1, 0.15) is 43.2 Å². The van der Waals surface area contributed by atoms with Crippen molar-refractivity contribution in [2.24, 2.45) is 5.16 Å². The topological polar surface area (TPSA) is 41.9 Å². The van der Waals surface area contributed by atoms with E-state index in [9.17, 15) is 4.79 Å². The number of hydrogen-bond acceptors (Lipinski definition) is 4. The molecular formula is C18H22N2O2. The third kappa shape index (κ3) is 3.38. The van der Waals surface area contributed by atoms with Crippen LogP contribution in [0.15, 0.2) is 41.2 Å². The molecule has 2 heterocycles. The van der Waals surface area contributed by atoms with Gasteiger partial charge in [0.05, 0.1) is 0 Å². The van der Waals surface area contributed by atoms with Crippen LogP contribution >= 0.6 is 0 Å². The first-order valence-electron chi connectivity index (χ1n) is 8.07. The smallest absolute Gasteiger partial charge is 0.369 e. The summed E-state index contributed by atoms with van der Waals surface area (Å²) in [5, 5.41) is 3.98. The average Bonchev–Trinajstić information content (AvgIpc) is 2.84. The van der Waals surface area contributed by atoms with E-state index >= 15 is 0 Å². The summed E-state index contributed by atoms with van der Waals surface area (Å²) in [4.78, 5) is 19.2. The van der Waals surface area contributed by atoms with E-state index in [4.69, 9.17) is 4.84 Å². The highest BCUT2D eigenvalue weighted by molar-refractivity contribution is 6.28. The van der Waals surface area contributed by atoms with E-state index in [0.29, 0.717) is 11.3 Å². The molecule has 0 unspecified atom stereocenters. The number of benzene rings is 1. The van der Waals surface area contributed by atoms with Gasteiger partial charge >= 0.3 is 5.97 Å². The van der Waals surface area contributed by atoms with Crippen molar-refractivity contribution < 1.29 is 9.63 Å². The third-order valence-electron chi connectivity index (χ3n) is 4.22. The number of likely N-dealkylation sites (tertiary alicyclic amines) is 1. The number of nitrogens with zero attached hydrogens (tertiary/aromatic N) is 2. The van der Waals surface area contributed by atoms with Gasteiger partial charge in [0.15, 0.2) is 0 Å². The molecule has 2 aliphatic rings. The van der Waals surface area contributed by atoms with Gasteiger partial charge in [-0.15, -0.1) is 0 Å². The second-order valence-corrected chi connectivity index (χ2v) is 6.03. The molecule has 1 aromatic carbocycles. The molecule has 1 fully saturated rings. The third-order valence-corrected chi connectivity index (χ3v) is 4.22. The Bertz CT molecular complexity index is 594. The average molecular weight is 298 g/mol. The van der Waals surface area contributed by atoms with E-state index < -0.39 is 0 Å². The zero-order valence-electron chi connectivity index (χ0n) is 13.0. The fourth-order valence-corrected chi connectivity index (χ4v) is 2.90. The van der Waals surface area contributed by atoms with Crippen molar-refractivity contribution in [3.8, 4) is 0 Å². The van der Waals surface area contributed by atoms with Crippen LogP contribution in [0.3, 0.4) is 0 Å². The molecule has 0 aromatic heterocycles. The Morgan fingerprint density at radius 1 is 1.05 bits per heavy atom. The van der Waals surface area contributed by atoms with Crippen molar-refractivity contribution in [3.05, 3.63) is 47.2 Å². The van der Waals surface area contributed by atoms with Gasteiger partial charge in [-0.2, -0.15) is 0 Å². The zero-order chi connectivity index (χ0) is 15.4. The predicted octanol–water partition coefficient (Wildman–Crippen LogP) is 3.41. The molecule has 116 valence electrons. The lowest BCUT2D eigenvalue weighted by Crippen LogP contribution is -2.24. The zero-order valence-corrected chi connectivity index (χ0v) is 13.0. The van der Waals surface area contributed by atoms with Crippen LogP contribution in [-0.2, 0) is 9.63 Å². The molecule has 0 aliphatic carbocycles. The van der Waals surface area contributed by atoms with Crippen LogP contribution < -0.4 is 0 Å². The van der Waals surface area contributed by atoms with Crippen LogP contribution in [0.5, 0.6) is 0 Å². The maximum absolute atomic E-state index is 12.0. The van der Waals surface area contributed by atoms with Gasteiger partial charge in [-0.1, -0.05) is 54.2 Å². The molecule has 0 saturated carbocycles. The Balaban J connectivity index is 1.83. The summed E-state index contributed by atoms with van der Waals surface area (Å²) in [6.07, 6.45) is 8.15. The monoisotopic (exact) mass is 298 g/mol. The molecule has 2 aliphatic heterocycles. The highest BCUT2D eigenvalue weighted by Crippen LogP contribution is 2.20. The standard InChI is InChI=1S/C18H22N2O2/c1-14-7-9-15(10-8-14)17-16(18(21)22-19-17)13-20-11-5-3-2-4-6-12-20/h7-10,13H,2-6,11-12H2,1H3. The van der Waals surface area contributed by atoms with E-state index in [1.54, 1.807) is 0 Å². The lowest BCUT2D eigenvalue weighted by Gasteiger charge is -2.23. The Labute approximate surface area is 131 Å². The number of rotatable bonds is 2. The first-order valence-corrected chi connectivity index (χ1v) is 8.07. The van der Waals surface area contributed by atoms with Crippen molar-refractivity contribution in [3.63, 3.8) is 0 Å².